The molecule has 2 amide bonds. The number of hydrogen-bond acceptors (Lipinski definition) is 4. The molecular weight excluding hydrogens is 300 g/mol. The summed E-state index contributed by atoms with van der Waals surface area (Å²) in [5.74, 6) is 0.415. The van der Waals surface area contributed by atoms with Gasteiger partial charge < -0.3 is 14.6 Å². The second-order valence-electron chi connectivity index (χ2n) is 5.50. The predicted octanol–water partition coefficient (Wildman–Crippen LogP) is 2.31. The number of rotatable bonds is 5. The molecule has 6 heteroatoms. The molecule has 3 heterocycles. The zero-order valence-electron chi connectivity index (χ0n) is 12.4. The highest BCUT2D eigenvalue weighted by molar-refractivity contribution is 7.10. The Morgan fingerprint density at radius 3 is 3.05 bits per heavy atom. The van der Waals surface area contributed by atoms with E-state index in [4.69, 9.17) is 4.42 Å². The summed E-state index contributed by atoms with van der Waals surface area (Å²) in [5.41, 5.74) is 1.19. The Morgan fingerprint density at radius 1 is 1.50 bits per heavy atom. The number of aryl methyl sites for hydroxylation is 1. The Morgan fingerprint density at radius 2 is 2.36 bits per heavy atom. The van der Waals surface area contributed by atoms with E-state index in [0.29, 0.717) is 19.6 Å². The number of amides is 2. The minimum Gasteiger partial charge on any atom is -0.467 e. The van der Waals surface area contributed by atoms with Crippen LogP contribution in [0.5, 0.6) is 0 Å². The van der Waals surface area contributed by atoms with Crippen LogP contribution in [0, 0.1) is 12.8 Å². The molecule has 3 rings (SSSR count). The highest BCUT2D eigenvalue weighted by Crippen LogP contribution is 2.21. The molecule has 1 fully saturated rings. The monoisotopic (exact) mass is 318 g/mol. The van der Waals surface area contributed by atoms with E-state index >= 15 is 0 Å². The molecule has 0 saturated carbocycles. The molecule has 1 aliphatic heterocycles. The smallest absolute Gasteiger partial charge is 0.225 e. The van der Waals surface area contributed by atoms with E-state index in [1.165, 1.54) is 5.56 Å². The van der Waals surface area contributed by atoms with Gasteiger partial charge in [0.25, 0.3) is 0 Å². The van der Waals surface area contributed by atoms with Gasteiger partial charge in [0.2, 0.25) is 11.8 Å². The molecule has 0 radical (unpaired) electrons. The second kappa shape index (κ2) is 6.36. The lowest BCUT2D eigenvalue weighted by Gasteiger charge is -2.15. The van der Waals surface area contributed by atoms with Crippen molar-refractivity contribution in [1.29, 1.82) is 0 Å². The Balaban J connectivity index is 1.53. The first kappa shape index (κ1) is 14.8. The number of carbonyl (C=O) groups is 2. The van der Waals surface area contributed by atoms with E-state index in [9.17, 15) is 9.59 Å². The van der Waals surface area contributed by atoms with Gasteiger partial charge in [0.15, 0.2) is 0 Å². The number of hydrogen-bond donors (Lipinski definition) is 1. The minimum atomic E-state index is -0.275. The molecule has 22 heavy (non-hydrogen) atoms. The molecule has 1 saturated heterocycles. The van der Waals surface area contributed by atoms with Crippen LogP contribution in [0.15, 0.2) is 34.3 Å². The molecule has 116 valence electrons. The van der Waals surface area contributed by atoms with Gasteiger partial charge in [0.05, 0.1) is 25.3 Å². The van der Waals surface area contributed by atoms with Gasteiger partial charge >= 0.3 is 0 Å². The number of furan rings is 1. The maximum Gasteiger partial charge on any atom is 0.225 e. The highest BCUT2D eigenvalue weighted by atomic mass is 32.1. The normalized spacial score (nSPS) is 18.0. The van der Waals surface area contributed by atoms with Gasteiger partial charge in [0.1, 0.15) is 5.76 Å². The van der Waals surface area contributed by atoms with Crippen LogP contribution >= 0.6 is 11.3 Å². The van der Waals surface area contributed by atoms with Crippen molar-refractivity contribution in [3.8, 4) is 0 Å². The van der Waals surface area contributed by atoms with E-state index in [1.807, 2.05) is 24.4 Å². The first-order valence-corrected chi connectivity index (χ1v) is 8.12. The van der Waals surface area contributed by atoms with Crippen molar-refractivity contribution in [1.82, 2.24) is 10.2 Å². The summed E-state index contributed by atoms with van der Waals surface area (Å²) in [5, 5.41) is 4.95. The van der Waals surface area contributed by atoms with Gasteiger partial charge in [-0.1, -0.05) is 0 Å². The average molecular weight is 318 g/mol. The number of nitrogens with zero attached hydrogens (tertiary/aromatic N) is 1. The van der Waals surface area contributed by atoms with Crippen LogP contribution in [0.1, 0.15) is 22.6 Å². The lowest BCUT2D eigenvalue weighted by atomic mass is 10.1. The lowest BCUT2D eigenvalue weighted by molar-refractivity contribution is -0.129. The fraction of sp³-hybridized carbons (Fsp3) is 0.375. The number of thiophene rings is 1. The molecular formula is C16H18N2O3S. The zero-order chi connectivity index (χ0) is 15.5. The summed E-state index contributed by atoms with van der Waals surface area (Å²) in [7, 11) is 0. The van der Waals surface area contributed by atoms with Crippen molar-refractivity contribution in [2.75, 3.05) is 6.54 Å². The fourth-order valence-corrected chi connectivity index (χ4v) is 3.43. The van der Waals surface area contributed by atoms with Crippen LogP contribution < -0.4 is 5.32 Å². The summed E-state index contributed by atoms with van der Waals surface area (Å²) >= 11 is 1.63. The predicted molar refractivity (Wildman–Crippen MR) is 83.1 cm³/mol. The molecule has 2 aromatic heterocycles. The highest BCUT2D eigenvalue weighted by Gasteiger charge is 2.34. The summed E-state index contributed by atoms with van der Waals surface area (Å²) in [6.45, 7) is 3.45. The Bertz CT molecular complexity index is 663. The Hall–Kier alpha value is -2.08. The SMILES string of the molecule is Cc1ccsc1CNC(=O)[C@@H]1CC(=O)N(Cc2ccco2)C1. The van der Waals surface area contributed by atoms with Crippen LogP contribution in [0.25, 0.3) is 0 Å². The van der Waals surface area contributed by atoms with Gasteiger partial charge in [-0.25, -0.2) is 0 Å². The van der Waals surface area contributed by atoms with Crippen LogP contribution in [0.3, 0.4) is 0 Å². The largest absolute Gasteiger partial charge is 0.467 e. The van der Waals surface area contributed by atoms with Gasteiger partial charge in [0, 0.05) is 17.8 Å². The van der Waals surface area contributed by atoms with Crippen LogP contribution in [-0.4, -0.2) is 23.3 Å². The van der Waals surface area contributed by atoms with Crippen molar-refractivity contribution in [2.24, 2.45) is 5.92 Å². The van der Waals surface area contributed by atoms with Crippen molar-refractivity contribution in [2.45, 2.75) is 26.4 Å². The van der Waals surface area contributed by atoms with E-state index < -0.39 is 0 Å². The van der Waals surface area contributed by atoms with Crippen molar-refractivity contribution in [3.05, 3.63) is 46.0 Å². The molecule has 1 aliphatic rings. The maximum absolute atomic E-state index is 12.2. The van der Waals surface area contributed by atoms with Crippen molar-refractivity contribution in [3.63, 3.8) is 0 Å². The third-order valence-electron chi connectivity index (χ3n) is 3.90. The van der Waals surface area contributed by atoms with E-state index in [-0.39, 0.29) is 24.2 Å². The Kier molecular flexibility index (Phi) is 4.29. The lowest BCUT2D eigenvalue weighted by Crippen LogP contribution is -2.32. The quantitative estimate of drug-likeness (QED) is 0.920. The number of nitrogens with one attached hydrogen (secondary N) is 1. The van der Waals surface area contributed by atoms with Crippen LogP contribution in [0.4, 0.5) is 0 Å². The summed E-state index contributed by atoms with van der Waals surface area (Å²) in [4.78, 5) is 27.1. The Labute approximate surface area is 132 Å². The molecule has 1 N–H and O–H groups in total. The average Bonchev–Trinajstić information content (AvgIpc) is 3.21. The summed E-state index contributed by atoms with van der Waals surface area (Å²) < 4.78 is 5.26. The topological polar surface area (TPSA) is 62.6 Å². The molecule has 0 bridgehead atoms. The first-order valence-electron chi connectivity index (χ1n) is 7.24. The standard InChI is InChI=1S/C16H18N2O3S/c1-11-4-6-22-14(11)8-17-16(20)12-7-15(19)18(9-12)10-13-3-2-5-21-13/h2-6,12H,7-10H2,1H3,(H,17,20)/t12-/m1/s1. The van der Waals surface area contributed by atoms with E-state index in [2.05, 4.69) is 5.32 Å². The molecule has 5 nitrogen and oxygen atoms in total. The van der Waals surface area contributed by atoms with E-state index in [0.717, 1.165) is 10.6 Å². The van der Waals surface area contributed by atoms with Gasteiger partial charge in [-0.3, -0.25) is 9.59 Å². The first-order chi connectivity index (χ1) is 10.6. The fourth-order valence-electron chi connectivity index (χ4n) is 2.59. The summed E-state index contributed by atoms with van der Waals surface area (Å²) in [6.07, 6.45) is 1.86. The molecule has 0 aliphatic carbocycles. The zero-order valence-corrected chi connectivity index (χ0v) is 13.2. The second-order valence-corrected chi connectivity index (χ2v) is 6.50. The number of likely N-dealkylation sites (tertiary alicyclic amines) is 1. The molecule has 0 spiro atoms. The molecule has 1 atom stereocenters. The minimum absolute atomic E-state index is 0.00357. The van der Waals surface area contributed by atoms with Crippen molar-refractivity contribution < 1.29 is 14.0 Å². The third kappa shape index (κ3) is 3.22. The van der Waals surface area contributed by atoms with Crippen molar-refractivity contribution >= 4 is 23.2 Å². The van der Waals surface area contributed by atoms with Crippen LogP contribution in [0.2, 0.25) is 0 Å². The molecule has 0 aromatic carbocycles. The van der Waals surface area contributed by atoms with Gasteiger partial charge in [-0.2, -0.15) is 0 Å². The molecule has 0 unspecified atom stereocenters. The maximum atomic E-state index is 12.2. The van der Waals surface area contributed by atoms with Crippen LogP contribution in [-0.2, 0) is 22.7 Å². The number of carbonyl (C=O) groups excluding carboxylic acids is 2. The van der Waals surface area contributed by atoms with Gasteiger partial charge in [-0.15, -0.1) is 11.3 Å². The molecule has 2 aromatic rings. The summed E-state index contributed by atoms with van der Waals surface area (Å²) in [6, 6.07) is 5.67. The third-order valence-corrected chi connectivity index (χ3v) is 4.93. The van der Waals surface area contributed by atoms with E-state index in [1.54, 1.807) is 28.6 Å². The van der Waals surface area contributed by atoms with Gasteiger partial charge in [-0.05, 0) is 36.1 Å².